The lowest BCUT2D eigenvalue weighted by molar-refractivity contribution is 0.0175. The Morgan fingerprint density at radius 1 is 1.32 bits per heavy atom. The Hall–Kier alpha value is -2.30. The summed E-state index contributed by atoms with van der Waals surface area (Å²) >= 11 is 0. The molecular formula is C20H24N2O3. The quantitative estimate of drug-likeness (QED) is 0.755. The molecule has 2 aliphatic rings. The third kappa shape index (κ3) is 3.03. The number of oxazole rings is 1. The number of benzene rings is 1. The van der Waals surface area contributed by atoms with Gasteiger partial charge in [-0.2, -0.15) is 0 Å². The summed E-state index contributed by atoms with van der Waals surface area (Å²) in [5.41, 5.74) is 3.68. The summed E-state index contributed by atoms with van der Waals surface area (Å²) in [6.45, 7) is 7.59. The van der Waals surface area contributed by atoms with Crippen LogP contribution < -0.4 is 0 Å². The van der Waals surface area contributed by atoms with E-state index in [0.29, 0.717) is 5.89 Å². The van der Waals surface area contributed by atoms with Crippen molar-refractivity contribution in [3.63, 3.8) is 0 Å². The van der Waals surface area contributed by atoms with E-state index in [1.54, 1.807) is 0 Å². The smallest absolute Gasteiger partial charge is 0.411 e. The first-order valence-corrected chi connectivity index (χ1v) is 8.90. The molecule has 2 bridgehead atoms. The molecule has 0 N–H and O–H groups in total. The molecule has 132 valence electrons. The average Bonchev–Trinajstić information content (AvgIpc) is 3.01. The molecule has 2 aromatic rings. The molecule has 5 nitrogen and oxygen atoms in total. The van der Waals surface area contributed by atoms with Crippen molar-refractivity contribution in [2.75, 3.05) is 0 Å². The molecule has 3 heterocycles. The lowest BCUT2D eigenvalue weighted by Gasteiger charge is -2.35. The molecule has 5 heteroatoms. The summed E-state index contributed by atoms with van der Waals surface area (Å²) < 4.78 is 11.3. The third-order valence-electron chi connectivity index (χ3n) is 4.87. The zero-order chi connectivity index (χ0) is 17.8. The van der Waals surface area contributed by atoms with Crippen molar-refractivity contribution in [2.45, 2.75) is 64.6 Å². The molecule has 1 aromatic carbocycles. The van der Waals surface area contributed by atoms with E-state index in [-0.39, 0.29) is 18.2 Å². The predicted octanol–water partition coefficient (Wildman–Crippen LogP) is 4.69. The maximum absolute atomic E-state index is 12.5. The van der Waals surface area contributed by atoms with E-state index in [1.165, 1.54) is 5.57 Å². The maximum atomic E-state index is 12.5. The van der Waals surface area contributed by atoms with Crippen LogP contribution in [-0.4, -0.2) is 33.7 Å². The van der Waals surface area contributed by atoms with E-state index in [0.717, 1.165) is 35.9 Å². The van der Waals surface area contributed by atoms with Gasteiger partial charge in [0.05, 0.1) is 6.04 Å². The van der Waals surface area contributed by atoms with Gasteiger partial charge >= 0.3 is 6.09 Å². The fourth-order valence-electron chi connectivity index (χ4n) is 3.88. The second-order valence-corrected chi connectivity index (χ2v) is 8.00. The van der Waals surface area contributed by atoms with Crippen LogP contribution >= 0.6 is 0 Å². The van der Waals surface area contributed by atoms with E-state index >= 15 is 0 Å². The van der Waals surface area contributed by atoms with Crippen LogP contribution in [0.3, 0.4) is 0 Å². The minimum absolute atomic E-state index is 0.121. The highest BCUT2D eigenvalue weighted by Crippen LogP contribution is 2.39. The Labute approximate surface area is 147 Å². The molecule has 2 unspecified atom stereocenters. The van der Waals surface area contributed by atoms with Crippen molar-refractivity contribution < 1.29 is 13.9 Å². The Morgan fingerprint density at radius 2 is 2.12 bits per heavy atom. The molecule has 2 aliphatic heterocycles. The minimum atomic E-state index is -0.463. The molecule has 25 heavy (non-hydrogen) atoms. The standard InChI is InChI=1S/C20H24N2O3/c1-12-21-17-8-5-13(11-18(17)24-12)14-9-15-6-7-16(10-14)22(15)19(23)25-20(2,3)4/h5,8-9,11,15-16H,6-7,10H2,1-4H3. The van der Waals surface area contributed by atoms with Gasteiger partial charge in [-0.3, -0.25) is 4.90 Å². The SMILES string of the molecule is Cc1nc2ccc(C3=CC4CCC(C3)N4C(=O)OC(C)(C)C)cc2o1. The number of ether oxygens (including phenoxy) is 1. The summed E-state index contributed by atoms with van der Waals surface area (Å²) in [5.74, 6) is 0.681. The van der Waals surface area contributed by atoms with Crippen molar-refractivity contribution in [3.05, 3.63) is 35.7 Å². The van der Waals surface area contributed by atoms with Crippen LogP contribution in [0.4, 0.5) is 4.79 Å². The van der Waals surface area contributed by atoms with Gasteiger partial charge in [0.2, 0.25) is 0 Å². The molecule has 4 rings (SSSR count). The predicted molar refractivity (Wildman–Crippen MR) is 96.2 cm³/mol. The zero-order valence-corrected chi connectivity index (χ0v) is 15.2. The Balaban J connectivity index is 1.61. The first kappa shape index (κ1) is 16.2. The number of rotatable bonds is 1. The second kappa shape index (κ2) is 5.61. The van der Waals surface area contributed by atoms with Gasteiger partial charge in [-0.1, -0.05) is 12.1 Å². The van der Waals surface area contributed by atoms with Crippen LogP contribution in [0.5, 0.6) is 0 Å². The number of aromatic nitrogens is 1. The number of fused-ring (bicyclic) bond motifs is 3. The van der Waals surface area contributed by atoms with Gasteiger partial charge < -0.3 is 9.15 Å². The van der Waals surface area contributed by atoms with E-state index in [2.05, 4.69) is 23.2 Å². The van der Waals surface area contributed by atoms with Crippen molar-refractivity contribution in [2.24, 2.45) is 0 Å². The van der Waals surface area contributed by atoms with Gasteiger partial charge in [-0.15, -0.1) is 0 Å². The molecule has 0 spiro atoms. The normalized spacial score (nSPS) is 23.0. The molecule has 1 aromatic heterocycles. The highest BCUT2D eigenvalue weighted by Gasteiger charge is 2.41. The minimum Gasteiger partial charge on any atom is -0.444 e. The van der Waals surface area contributed by atoms with Gasteiger partial charge in [0.1, 0.15) is 11.1 Å². The van der Waals surface area contributed by atoms with Crippen molar-refractivity contribution in [3.8, 4) is 0 Å². The summed E-state index contributed by atoms with van der Waals surface area (Å²) in [6, 6.07) is 6.50. The van der Waals surface area contributed by atoms with Crippen LogP contribution in [0.25, 0.3) is 16.7 Å². The highest BCUT2D eigenvalue weighted by molar-refractivity contribution is 5.81. The number of hydrogen-bond acceptors (Lipinski definition) is 4. The lowest BCUT2D eigenvalue weighted by Crippen LogP contribution is -2.45. The van der Waals surface area contributed by atoms with E-state index in [4.69, 9.17) is 9.15 Å². The average molecular weight is 340 g/mol. The monoisotopic (exact) mass is 340 g/mol. The highest BCUT2D eigenvalue weighted by atomic mass is 16.6. The molecule has 0 aliphatic carbocycles. The fourth-order valence-corrected chi connectivity index (χ4v) is 3.88. The van der Waals surface area contributed by atoms with Crippen molar-refractivity contribution >= 4 is 22.8 Å². The van der Waals surface area contributed by atoms with Crippen molar-refractivity contribution in [1.82, 2.24) is 9.88 Å². The molecule has 0 radical (unpaired) electrons. The summed E-state index contributed by atoms with van der Waals surface area (Å²) in [6.07, 6.45) is 4.90. The van der Waals surface area contributed by atoms with Crippen LogP contribution in [0.1, 0.15) is 51.5 Å². The molecule has 1 amide bonds. The first-order valence-electron chi connectivity index (χ1n) is 8.90. The van der Waals surface area contributed by atoms with Gasteiger partial charge in [-0.25, -0.2) is 9.78 Å². The summed E-state index contributed by atoms with van der Waals surface area (Å²) in [7, 11) is 0. The molecule has 0 saturated carbocycles. The van der Waals surface area contributed by atoms with E-state index in [1.807, 2.05) is 38.7 Å². The third-order valence-corrected chi connectivity index (χ3v) is 4.87. The van der Waals surface area contributed by atoms with Gasteiger partial charge in [0.25, 0.3) is 0 Å². The van der Waals surface area contributed by atoms with E-state index < -0.39 is 5.60 Å². The fraction of sp³-hybridized carbons (Fsp3) is 0.500. The Kier molecular flexibility index (Phi) is 3.63. The van der Waals surface area contributed by atoms with Crippen LogP contribution in [-0.2, 0) is 4.74 Å². The molecule has 1 fully saturated rings. The number of carbonyl (C=O) groups is 1. The van der Waals surface area contributed by atoms with Gasteiger partial charge in [0, 0.05) is 13.0 Å². The maximum Gasteiger partial charge on any atom is 0.411 e. The first-order chi connectivity index (χ1) is 11.8. The zero-order valence-electron chi connectivity index (χ0n) is 15.2. The van der Waals surface area contributed by atoms with Crippen LogP contribution in [0.2, 0.25) is 0 Å². The number of carbonyl (C=O) groups excluding carboxylic acids is 1. The number of hydrogen-bond donors (Lipinski definition) is 0. The van der Waals surface area contributed by atoms with E-state index in [9.17, 15) is 4.79 Å². The second-order valence-electron chi connectivity index (χ2n) is 8.00. The summed E-state index contributed by atoms with van der Waals surface area (Å²) in [5, 5.41) is 0. The number of amides is 1. The summed E-state index contributed by atoms with van der Waals surface area (Å²) in [4.78, 5) is 18.8. The van der Waals surface area contributed by atoms with Crippen LogP contribution in [0, 0.1) is 6.92 Å². The largest absolute Gasteiger partial charge is 0.444 e. The molecular weight excluding hydrogens is 316 g/mol. The number of nitrogens with zero attached hydrogens (tertiary/aromatic N) is 2. The van der Waals surface area contributed by atoms with Crippen LogP contribution in [0.15, 0.2) is 28.7 Å². The molecule has 2 atom stereocenters. The molecule has 1 saturated heterocycles. The van der Waals surface area contributed by atoms with Gasteiger partial charge in [-0.05, 0) is 63.3 Å². The number of aryl methyl sites for hydroxylation is 1. The van der Waals surface area contributed by atoms with Gasteiger partial charge in [0.15, 0.2) is 11.5 Å². The Morgan fingerprint density at radius 3 is 2.84 bits per heavy atom. The van der Waals surface area contributed by atoms with Crippen molar-refractivity contribution in [1.29, 1.82) is 0 Å². The topological polar surface area (TPSA) is 55.6 Å². The Bertz CT molecular complexity index is 859. The lowest BCUT2D eigenvalue weighted by atomic mass is 9.95.